The molecule has 0 spiro atoms. The van der Waals surface area contributed by atoms with E-state index in [1.54, 1.807) is 53.4 Å². The minimum Gasteiger partial charge on any atom is -0.496 e. The molecule has 8 nitrogen and oxygen atoms in total. The molecule has 3 rings (SSSR count). The van der Waals surface area contributed by atoms with Crippen molar-refractivity contribution in [2.75, 3.05) is 45.4 Å². The Morgan fingerprint density at radius 1 is 1.26 bits per heavy atom. The number of benzene rings is 2. The largest absolute Gasteiger partial charge is 0.496 e. The summed E-state index contributed by atoms with van der Waals surface area (Å²) in [6, 6.07) is 13.3. The summed E-state index contributed by atoms with van der Waals surface area (Å²) in [6.45, 7) is 3.49. The van der Waals surface area contributed by atoms with E-state index in [1.807, 2.05) is 6.92 Å². The molecule has 0 aromatic heterocycles. The molecule has 1 heterocycles. The van der Waals surface area contributed by atoms with E-state index < -0.39 is 12.1 Å². The highest BCUT2D eigenvalue weighted by molar-refractivity contribution is 6.06. The molecule has 2 amide bonds. The van der Waals surface area contributed by atoms with E-state index in [2.05, 4.69) is 5.32 Å². The molecular weight excluding hydrogens is 400 g/mol. The quantitative estimate of drug-likeness (QED) is 0.595. The van der Waals surface area contributed by atoms with Gasteiger partial charge in [-0.2, -0.15) is 0 Å². The number of hydrogen-bond acceptors (Lipinski definition) is 6. The number of methoxy groups -OCH3 is 1. The van der Waals surface area contributed by atoms with Crippen LogP contribution in [0.15, 0.2) is 48.5 Å². The zero-order valence-electron chi connectivity index (χ0n) is 17.7. The monoisotopic (exact) mass is 428 g/mol. The second kappa shape index (κ2) is 10.9. The number of para-hydroxylation sites is 1. The van der Waals surface area contributed by atoms with E-state index >= 15 is 0 Å². The lowest BCUT2D eigenvalue weighted by molar-refractivity contribution is -0.155. The number of amides is 2. The summed E-state index contributed by atoms with van der Waals surface area (Å²) in [6.07, 6.45) is -0.926. The highest BCUT2D eigenvalue weighted by Crippen LogP contribution is 2.26. The van der Waals surface area contributed by atoms with Gasteiger partial charge in [0.15, 0.2) is 0 Å². The van der Waals surface area contributed by atoms with Crippen LogP contribution in [0.25, 0.3) is 0 Å². The van der Waals surface area contributed by atoms with Crippen LogP contribution >= 0.6 is 0 Å². The zero-order valence-corrected chi connectivity index (χ0v) is 17.7. The molecule has 1 saturated heterocycles. The summed E-state index contributed by atoms with van der Waals surface area (Å²) in [4.78, 5) is 26.4. The summed E-state index contributed by atoms with van der Waals surface area (Å²) in [7, 11) is 1.51. The van der Waals surface area contributed by atoms with Gasteiger partial charge in [0.2, 0.25) is 5.91 Å². The molecular formula is C23H28N2O6. The van der Waals surface area contributed by atoms with Crippen LogP contribution in [-0.2, 0) is 14.3 Å². The maximum absolute atomic E-state index is 12.6. The van der Waals surface area contributed by atoms with Gasteiger partial charge < -0.3 is 29.5 Å². The predicted molar refractivity (Wildman–Crippen MR) is 115 cm³/mol. The van der Waals surface area contributed by atoms with Crippen molar-refractivity contribution in [1.82, 2.24) is 4.90 Å². The van der Waals surface area contributed by atoms with E-state index in [9.17, 15) is 14.7 Å². The first-order valence-electron chi connectivity index (χ1n) is 10.2. The lowest BCUT2D eigenvalue weighted by Gasteiger charge is -2.38. The van der Waals surface area contributed by atoms with Gasteiger partial charge in [0.25, 0.3) is 5.91 Å². The molecule has 31 heavy (non-hydrogen) atoms. The van der Waals surface area contributed by atoms with E-state index in [1.165, 1.54) is 7.11 Å². The Morgan fingerprint density at radius 3 is 2.71 bits per heavy atom. The van der Waals surface area contributed by atoms with Gasteiger partial charge in [-0.1, -0.05) is 24.3 Å². The average Bonchev–Trinajstić information content (AvgIpc) is 2.80. The number of rotatable bonds is 9. The molecule has 0 bridgehead atoms. The predicted octanol–water partition coefficient (Wildman–Crippen LogP) is 2.24. The molecule has 0 aliphatic carbocycles. The Bertz CT molecular complexity index is 886. The number of carbonyl (C=O) groups excluding carboxylic acids is 2. The summed E-state index contributed by atoms with van der Waals surface area (Å²) < 4.78 is 15.9. The van der Waals surface area contributed by atoms with Gasteiger partial charge in [0, 0.05) is 18.8 Å². The van der Waals surface area contributed by atoms with Crippen molar-refractivity contribution < 1.29 is 28.9 Å². The van der Waals surface area contributed by atoms with Crippen LogP contribution in [-0.4, -0.2) is 67.9 Å². The SMILES string of the molecule is CCOCCN1C(=O)COC[C@@H]1[C@H](O)c1ccc(NC(=O)c2ccccc2OC)cc1. The number of ether oxygens (including phenoxy) is 3. The fraction of sp³-hybridized carbons (Fsp3) is 0.391. The first-order valence-corrected chi connectivity index (χ1v) is 10.2. The van der Waals surface area contributed by atoms with Gasteiger partial charge in [0.05, 0.1) is 31.9 Å². The maximum Gasteiger partial charge on any atom is 0.259 e. The average molecular weight is 428 g/mol. The van der Waals surface area contributed by atoms with Gasteiger partial charge in [-0.25, -0.2) is 0 Å². The van der Waals surface area contributed by atoms with Crippen LogP contribution in [0.2, 0.25) is 0 Å². The summed E-state index contributed by atoms with van der Waals surface area (Å²) in [5.74, 6) is 0.0240. The third-order valence-electron chi connectivity index (χ3n) is 5.14. The highest BCUT2D eigenvalue weighted by atomic mass is 16.5. The van der Waals surface area contributed by atoms with Crippen LogP contribution in [0.1, 0.15) is 28.9 Å². The molecule has 1 fully saturated rings. The third kappa shape index (κ3) is 5.61. The van der Waals surface area contributed by atoms with E-state index in [4.69, 9.17) is 14.2 Å². The fourth-order valence-corrected chi connectivity index (χ4v) is 3.50. The summed E-state index contributed by atoms with van der Waals surface area (Å²) in [5, 5.41) is 13.7. The molecule has 2 N–H and O–H groups in total. The van der Waals surface area contributed by atoms with Gasteiger partial charge in [-0.3, -0.25) is 9.59 Å². The molecule has 1 aliphatic rings. The number of hydrogen-bond donors (Lipinski definition) is 2. The molecule has 2 atom stereocenters. The standard InChI is InChI=1S/C23H28N2O6/c1-3-30-13-12-25-19(14-31-15-21(25)26)22(27)16-8-10-17(11-9-16)24-23(28)18-6-4-5-7-20(18)29-2/h4-11,19,22,27H,3,12-15H2,1-2H3,(H,24,28)/t19-,22-/m1/s1. The van der Waals surface area contributed by atoms with Crippen LogP contribution in [0.5, 0.6) is 5.75 Å². The van der Waals surface area contributed by atoms with Crippen molar-refractivity contribution in [3.05, 3.63) is 59.7 Å². The van der Waals surface area contributed by atoms with Crippen LogP contribution < -0.4 is 10.1 Å². The summed E-state index contributed by atoms with van der Waals surface area (Å²) in [5.41, 5.74) is 1.63. The van der Waals surface area contributed by atoms with Crippen molar-refractivity contribution >= 4 is 17.5 Å². The van der Waals surface area contributed by atoms with Crippen molar-refractivity contribution in [2.45, 2.75) is 19.1 Å². The number of nitrogens with one attached hydrogen (secondary N) is 1. The number of nitrogens with zero attached hydrogens (tertiary/aromatic N) is 1. The second-order valence-electron chi connectivity index (χ2n) is 7.09. The van der Waals surface area contributed by atoms with Crippen molar-refractivity contribution in [3.8, 4) is 5.75 Å². The molecule has 8 heteroatoms. The van der Waals surface area contributed by atoms with Gasteiger partial charge in [0.1, 0.15) is 18.5 Å². The Kier molecular flexibility index (Phi) is 8.00. The number of aliphatic hydroxyl groups is 1. The zero-order chi connectivity index (χ0) is 22.2. The maximum atomic E-state index is 12.6. The third-order valence-corrected chi connectivity index (χ3v) is 5.14. The molecule has 1 aliphatic heterocycles. The Hall–Kier alpha value is -2.94. The number of aliphatic hydroxyl groups excluding tert-OH is 1. The number of morpholine rings is 1. The topological polar surface area (TPSA) is 97.3 Å². The molecule has 166 valence electrons. The Balaban J connectivity index is 1.68. The van der Waals surface area contributed by atoms with Crippen molar-refractivity contribution in [2.24, 2.45) is 0 Å². The molecule has 0 unspecified atom stereocenters. The lowest BCUT2D eigenvalue weighted by Crippen LogP contribution is -2.53. The first kappa shape index (κ1) is 22.7. The smallest absolute Gasteiger partial charge is 0.259 e. The molecule has 0 radical (unpaired) electrons. The van der Waals surface area contributed by atoms with Gasteiger partial charge in [-0.05, 0) is 36.8 Å². The Morgan fingerprint density at radius 2 is 2.00 bits per heavy atom. The minimum atomic E-state index is -0.926. The van der Waals surface area contributed by atoms with E-state index in [0.717, 1.165) is 0 Å². The lowest BCUT2D eigenvalue weighted by atomic mass is 10.00. The first-order chi connectivity index (χ1) is 15.0. The fourth-order valence-electron chi connectivity index (χ4n) is 3.50. The highest BCUT2D eigenvalue weighted by Gasteiger charge is 2.34. The van der Waals surface area contributed by atoms with Gasteiger partial charge in [-0.15, -0.1) is 0 Å². The van der Waals surface area contributed by atoms with Crippen molar-refractivity contribution in [3.63, 3.8) is 0 Å². The Labute approximate surface area is 181 Å². The normalized spacial score (nSPS) is 17.3. The summed E-state index contributed by atoms with van der Waals surface area (Å²) >= 11 is 0. The molecule has 0 saturated carbocycles. The van der Waals surface area contributed by atoms with E-state index in [-0.39, 0.29) is 25.0 Å². The number of carbonyl (C=O) groups is 2. The minimum absolute atomic E-state index is 0.00324. The van der Waals surface area contributed by atoms with Crippen molar-refractivity contribution in [1.29, 1.82) is 0 Å². The molecule has 2 aromatic rings. The van der Waals surface area contributed by atoms with E-state index in [0.29, 0.717) is 42.3 Å². The van der Waals surface area contributed by atoms with Crippen LogP contribution in [0.3, 0.4) is 0 Å². The van der Waals surface area contributed by atoms with Gasteiger partial charge >= 0.3 is 0 Å². The van der Waals surface area contributed by atoms with Crippen LogP contribution in [0.4, 0.5) is 5.69 Å². The second-order valence-corrected chi connectivity index (χ2v) is 7.09. The number of anilines is 1. The molecule has 2 aromatic carbocycles. The van der Waals surface area contributed by atoms with Crippen LogP contribution in [0, 0.1) is 0 Å².